The molecule has 1 amide bonds. The largest absolute Gasteiger partial charge is 0.507 e. The van der Waals surface area contributed by atoms with Gasteiger partial charge >= 0.3 is 0 Å². The average molecular weight is 321 g/mol. The highest BCUT2D eigenvalue weighted by molar-refractivity contribution is 6.32. The number of methoxy groups -OCH3 is 1. The van der Waals surface area contributed by atoms with Crippen LogP contribution in [0.15, 0.2) is 41.5 Å². The predicted octanol–water partition coefficient (Wildman–Crippen LogP) is 2.52. The van der Waals surface area contributed by atoms with E-state index >= 15 is 0 Å². The van der Waals surface area contributed by atoms with Crippen LogP contribution in [-0.2, 0) is 0 Å². The minimum atomic E-state index is -0.550. The van der Waals surface area contributed by atoms with E-state index in [0.717, 1.165) is 0 Å². The molecular formula is C15H13ClN2O4. The molecule has 2 rings (SSSR count). The van der Waals surface area contributed by atoms with E-state index in [1.54, 1.807) is 12.1 Å². The fourth-order valence-electron chi connectivity index (χ4n) is 1.72. The van der Waals surface area contributed by atoms with Crippen LogP contribution < -0.4 is 10.2 Å². The van der Waals surface area contributed by atoms with E-state index in [1.165, 1.54) is 37.6 Å². The van der Waals surface area contributed by atoms with E-state index < -0.39 is 5.91 Å². The van der Waals surface area contributed by atoms with Gasteiger partial charge in [-0.2, -0.15) is 5.10 Å². The molecule has 0 aliphatic rings. The molecule has 3 N–H and O–H groups in total. The van der Waals surface area contributed by atoms with Crippen LogP contribution in [0.25, 0.3) is 0 Å². The van der Waals surface area contributed by atoms with Gasteiger partial charge in [-0.3, -0.25) is 4.79 Å². The van der Waals surface area contributed by atoms with E-state index in [2.05, 4.69) is 10.5 Å². The van der Waals surface area contributed by atoms with Crippen LogP contribution in [0.2, 0.25) is 5.02 Å². The SMILES string of the molecule is COc1cc(/C=N\NC(=O)c2ccccc2O)cc(Cl)c1O. The number of ether oxygens (including phenoxy) is 1. The van der Waals surface area contributed by atoms with Gasteiger partial charge in [0, 0.05) is 0 Å². The van der Waals surface area contributed by atoms with Gasteiger partial charge in [0.25, 0.3) is 5.91 Å². The zero-order valence-electron chi connectivity index (χ0n) is 11.6. The Morgan fingerprint density at radius 1 is 1.32 bits per heavy atom. The Morgan fingerprint density at radius 2 is 2.05 bits per heavy atom. The van der Waals surface area contributed by atoms with Gasteiger partial charge in [0.2, 0.25) is 0 Å². The summed E-state index contributed by atoms with van der Waals surface area (Å²) in [4.78, 5) is 11.8. The summed E-state index contributed by atoms with van der Waals surface area (Å²) in [5.41, 5.74) is 2.92. The normalized spacial score (nSPS) is 10.6. The summed E-state index contributed by atoms with van der Waals surface area (Å²) < 4.78 is 4.96. The molecule has 0 saturated heterocycles. The number of hydrogen-bond donors (Lipinski definition) is 3. The van der Waals surface area contributed by atoms with Gasteiger partial charge in [0.05, 0.1) is 23.9 Å². The molecule has 0 radical (unpaired) electrons. The third kappa shape index (κ3) is 3.48. The molecule has 0 bridgehead atoms. The molecule has 0 spiro atoms. The number of carbonyl (C=O) groups is 1. The van der Waals surface area contributed by atoms with E-state index in [-0.39, 0.29) is 27.8 Å². The van der Waals surface area contributed by atoms with E-state index in [4.69, 9.17) is 16.3 Å². The molecular weight excluding hydrogens is 308 g/mol. The first-order valence-corrected chi connectivity index (χ1v) is 6.58. The van der Waals surface area contributed by atoms with Gasteiger partial charge in [-0.05, 0) is 29.8 Å². The molecule has 22 heavy (non-hydrogen) atoms. The number of hydrazone groups is 1. The fourth-order valence-corrected chi connectivity index (χ4v) is 1.93. The zero-order chi connectivity index (χ0) is 16.1. The van der Waals surface area contributed by atoms with Crippen LogP contribution in [0.3, 0.4) is 0 Å². The molecule has 0 fully saturated rings. The maximum atomic E-state index is 11.8. The van der Waals surface area contributed by atoms with Gasteiger partial charge in [-0.15, -0.1) is 0 Å². The lowest BCUT2D eigenvalue weighted by Crippen LogP contribution is -2.17. The third-order valence-corrected chi connectivity index (χ3v) is 3.09. The smallest absolute Gasteiger partial charge is 0.275 e. The summed E-state index contributed by atoms with van der Waals surface area (Å²) in [7, 11) is 1.40. The number of hydrogen-bond acceptors (Lipinski definition) is 5. The minimum absolute atomic E-state index is 0.104. The van der Waals surface area contributed by atoms with Crippen molar-refractivity contribution >= 4 is 23.7 Å². The molecule has 114 valence electrons. The summed E-state index contributed by atoms with van der Waals surface area (Å²) in [6.45, 7) is 0. The number of para-hydroxylation sites is 1. The van der Waals surface area contributed by atoms with Crippen molar-refractivity contribution in [1.29, 1.82) is 0 Å². The number of halogens is 1. The van der Waals surface area contributed by atoms with Crippen molar-refractivity contribution in [3.63, 3.8) is 0 Å². The van der Waals surface area contributed by atoms with E-state index in [0.29, 0.717) is 5.56 Å². The van der Waals surface area contributed by atoms with Crippen LogP contribution in [0.5, 0.6) is 17.2 Å². The van der Waals surface area contributed by atoms with Crippen molar-refractivity contribution in [3.05, 3.63) is 52.5 Å². The Labute approximate surface area is 131 Å². The molecule has 7 heteroatoms. The maximum Gasteiger partial charge on any atom is 0.275 e. The molecule has 0 atom stereocenters. The maximum absolute atomic E-state index is 11.8. The number of phenols is 2. The topological polar surface area (TPSA) is 91.2 Å². The molecule has 0 saturated carbocycles. The summed E-state index contributed by atoms with van der Waals surface area (Å²) in [6.07, 6.45) is 1.34. The zero-order valence-corrected chi connectivity index (χ0v) is 12.3. The molecule has 0 aliphatic carbocycles. The molecule has 0 unspecified atom stereocenters. The standard InChI is InChI=1S/C15H13ClN2O4/c1-22-13-7-9(6-11(16)14(13)20)8-17-18-15(21)10-4-2-3-5-12(10)19/h2-8,19-20H,1H3,(H,18,21)/b17-8-. The summed E-state index contributed by atoms with van der Waals surface area (Å²) in [5.74, 6) is -0.656. The number of carbonyl (C=O) groups excluding carboxylic acids is 1. The number of nitrogens with zero attached hydrogens (tertiary/aromatic N) is 1. The Hall–Kier alpha value is -2.73. The Morgan fingerprint density at radius 3 is 2.73 bits per heavy atom. The molecule has 0 aromatic heterocycles. The first-order valence-electron chi connectivity index (χ1n) is 6.21. The van der Waals surface area contributed by atoms with Gasteiger partial charge in [-0.1, -0.05) is 23.7 Å². The number of aromatic hydroxyl groups is 2. The lowest BCUT2D eigenvalue weighted by atomic mass is 10.2. The van der Waals surface area contributed by atoms with Crippen molar-refractivity contribution in [2.24, 2.45) is 5.10 Å². The van der Waals surface area contributed by atoms with Crippen molar-refractivity contribution in [3.8, 4) is 17.2 Å². The lowest BCUT2D eigenvalue weighted by molar-refractivity contribution is 0.0952. The van der Waals surface area contributed by atoms with Gasteiger partial charge in [0.1, 0.15) is 5.75 Å². The number of nitrogens with one attached hydrogen (secondary N) is 1. The van der Waals surface area contributed by atoms with Crippen LogP contribution in [0.1, 0.15) is 15.9 Å². The highest BCUT2D eigenvalue weighted by Gasteiger charge is 2.10. The second kappa shape index (κ2) is 6.82. The highest BCUT2D eigenvalue weighted by Crippen LogP contribution is 2.34. The van der Waals surface area contributed by atoms with Crippen molar-refractivity contribution in [2.45, 2.75) is 0 Å². The van der Waals surface area contributed by atoms with Crippen LogP contribution >= 0.6 is 11.6 Å². The number of amides is 1. The van der Waals surface area contributed by atoms with Crippen LogP contribution in [0.4, 0.5) is 0 Å². The Kier molecular flexibility index (Phi) is 4.85. The quantitative estimate of drug-likeness (QED) is 0.596. The van der Waals surface area contributed by atoms with Crippen molar-refractivity contribution in [2.75, 3.05) is 7.11 Å². The predicted molar refractivity (Wildman–Crippen MR) is 82.8 cm³/mol. The monoisotopic (exact) mass is 320 g/mol. The first kappa shape index (κ1) is 15.7. The summed E-state index contributed by atoms with van der Waals surface area (Å²) in [6, 6.07) is 9.10. The van der Waals surface area contributed by atoms with Crippen LogP contribution in [0, 0.1) is 0 Å². The first-order chi connectivity index (χ1) is 10.5. The molecule has 0 aliphatic heterocycles. The second-order valence-electron chi connectivity index (χ2n) is 4.27. The molecule has 6 nitrogen and oxygen atoms in total. The minimum Gasteiger partial charge on any atom is -0.507 e. The Bertz CT molecular complexity index is 731. The van der Waals surface area contributed by atoms with Crippen molar-refractivity contribution in [1.82, 2.24) is 5.43 Å². The molecule has 2 aromatic rings. The summed E-state index contributed by atoms with van der Waals surface area (Å²) in [5, 5.41) is 23.1. The van der Waals surface area contributed by atoms with Gasteiger partial charge in [0.15, 0.2) is 11.5 Å². The fraction of sp³-hybridized carbons (Fsp3) is 0.0667. The summed E-state index contributed by atoms with van der Waals surface area (Å²) >= 11 is 5.84. The average Bonchev–Trinajstić information content (AvgIpc) is 2.50. The lowest BCUT2D eigenvalue weighted by Gasteiger charge is -2.06. The Balaban J connectivity index is 2.12. The highest BCUT2D eigenvalue weighted by atomic mass is 35.5. The number of phenolic OH excluding ortho intramolecular Hbond substituents is 2. The van der Waals surface area contributed by atoms with Gasteiger partial charge < -0.3 is 14.9 Å². The third-order valence-electron chi connectivity index (χ3n) is 2.80. The second-order valence-corrected chi connectivity index (χ2v) is 4.68. The molecule has 0 heterocycles. The molecule has 2 aromatic carbocycles. The van der Waals surface area contributed by atoms with E-state index in [1.807, 2.05) is 0 Å². The van der Waals surface area contributed by atoms with E-state index in [9.17, 15) is 15.0 Å². The van der Waals surface area contributed by atoms with Crippen molar-refractivity contribution < 1.29 is 19.7 Å². The van der Waals surface area contributed by atoms with Crippen LogP contribution in [-0.4, -0.2) is 29.4 Å². The van der Waals surface area contributed by atoms with Gasteiger partial charge in [-0.25, -0.2) is 5.43 Å². The number of rotatable bonds is 4. The number of benzene rings is 2.